The van der Waals surface area contributed by atoms with Crippen molar-refractivity contribution in [3.63, 3.8) is 0 Å². The molecule has 0 fully saturated rings. The number of nitriles is 1. The summed E-state index contributed by atoms with van der Waals surface area (Å²) in [5.41, 5.74) is 8.38. The molecule has 9 nitrogen and oxygen atoms in total. The van der Waals surface area contributed by atoms with E-state index in [1.54, 1.807) is 44.2 Å². The highest BCUT2D eigenvalue weighted by Crippen LogP contribution is 2.30. The van der Waals surface area contributed by atoms with Gasteiger partial charge in [0.05, 0.1) is 24.3 Å². The Balaban J connectivity index is 1.72. The highest BCUT2D eigenvalue weighted by molar-refractivity contribution is 5.91. The van der Waals surface area contributed by atoms with Crippen LogP contribution in [0.5, 0.6) is 0 Å². The molecule has 0 atom stereocenters. The fraction of sp³-hybridized carbons (Fsp3) is 0.417. The van der Waals surface area contributed by atoms with Crippen LogP contribution in [0, 0.1) is 16.7 Å². The quantitative estimate of drug-likeness (QED) is 0.500. The standard InChI is InChI=1S/C24H30N6O3/c1-23(2,3)12-17-11-20(33-29-17)27-19(32)10-15-6-8-16(9-7-15)21-18(13-25)22(26)30(28-21)24(4,5)14-31/h6-9,11,31H,10,12,14,26H2,1-5H3,(H,27,32). The van der Waals surface area contributed by atoms with Gasteiger partial charge in [-0.15, -0.1) is 0 Å². The van der Waals surface area contributed by atoms with Crippen LogP contribution in [0.3, 0.4) is 0 Å². The average molecular weight is 451 g/mol. The van der Waals surface area contributed by atoms with Crippen LogP contribution in [0.1, 0.15) is 51.4 Å². The summed E-state index contributed by atoms with van der Waals surface area (Å²) in [5.74, 6) is 0.298. The van der Waals surface area contributed by atoms with Crippen molar-refractivity contribution in [3.05, 3.63) is 47.2 Å². The van der Waals surface area contributed by atoms with Crippen molar-refractivity contribution in [3.8, 4) is 17.3 Å². The largest absolute Gasteiger partial charge is 0.394 e. The zero-order valence-corrected chi connectivity index (χ0v) is 19.6. The van der Waals surface area contributed by atoms with Gasteiger partial charge >= 0.3 is 0 Å². The van der Waals surface area contributed by atoms with E-state index >= 15 is 0 Å². The number of aliphatic hydroxyl groups excluding tert-OH is 1. The van der Waals surface area contributed by atoms with Gasteiger partial charge in [-0.2, -0.15) is 10.4 Å². The lowest BCUT2D eigenvalue weighted by atomic mass is 9.91. The molecule has 4 N–H and O–H groups in total. The zero-order chi connectivity index (χ0) is 24.4. The first-order valence-corrected chi connectivity index (χ1v) is 10.7. The summed E-state index contributed by atoms with van der Waals surface area (Å²) in [4.78, 5) is 12.4. The van der Waals surface area contributed by atoms with Crippen molar-refractivity contribution < 1.29 is 14.4 Å². The summed E-state index contributed by atoms with van der Waals surface area (Å²) in [6.07, 6.45) is 0.892. The number of nitrogens with one attached hydrogen (secondary N) is 1. The second-order valence-electron chi connectivity index (χ2n) is 9.94. The fourth-order valence-electron chi connectivity index (χ4n) is 3.42. The fourth-order valence-corrected chi connectivity index (χ4v) is 3.42. The maximum Gasteiger partial charge on any atom is 0.231 e. The van der Waals surface area contributed by atoms with Crippen LogP contribution in [0.2, 0.25) is 0 Å². The number of carbonyl (C=O) groups is 1. The number of carbonyl (C=O) groups excluding carboxylic acids is 1. The minimum Gasteiger partial charge on any atom is -0.394 e. The van der Waals surface area contributed by atoms with Crippen LogP contribution < -0.4 is 11.1 Å². The first kappa shape index (κ1) is 24.0. The first-order chi connectivity index (χ1) is 15.4. The van der Waals surface area contributed by atoms with Gasteiger partial charge in [-0.3, -0.25) is 10.1 Å². The van der Waals surface area contributed by atoms with Crippen LogP contribution in [0.4, 0.5) is 11.7 Å². The lowest BCUT2D eigenvalue weighted by molar-refractivity contribution is -0.115. The molecule has 0 spiro atoms. The molecule has 3 aromatic rings. The van der Waals surface area contributed by atoms with Crippen LogP contribution in [-0.2, 0) is 23.2 Å². The number of hydrogen-bond acceptors (Lipinski definition) is 7. The molecule has 0 bridgehead atoms. The molecule has 0 saturated carbocycles. The third-order valence-electron chi connectivity index (χ3n) is 5.12. The Labute approximate surface area is 193 Å². The second-order valence-corrected chi connectivity index (χ2v) is 9.94. The van der Waals surface area contributed by atoms with Crippen molar-refractivity contribution in [1.29, 1.82) is 5.26 Å². The summed E-state index contributed by atoms with van der Waals surface area (Å²) in [6.45, 7) is 9.70. The Hall–Kier alpha value is -3.64. The molecule has 9 heteroatoms. The number of aromatic nitrogens is 3. The van der Waals surface area contributed by atoms with Gasteiger partial charge in [0.1, 0.15) is 23.1 Å². The van der Waals surface area contributed by atoms with Gasteiger partial charge in [-0.05, 0) is 31.2 Å². The summed E-state index contributed by atoms with van der Waals surface area (Å²) in [6, 6.07) is 11.0. The lowest BCUT2D eigenvalue weighted by Crippen LogP contribution is -2.32. The highest BCUT2D eigenvalue weighted by atomic mass is 16.5. The van der Waals surface area contributed by atoms with E-state index in [2.05, 4.69) is 42.4 Å². The van der Waals surface area contributed by atoms with Gasteiger partial charge in [0, 0.05) is 11.6 Å². The lowest BCUT2D eigenvalue weighted by Gasteiger charge is -2.23. The third kappa shape index (κ3) is 5.59. The van der Waals surface area contributed by atoms with Gasteiger partial charge in [-0.1, -0.05) is 50.2 Å². The molecule has 1 aromatic carbocycles. The number of aliphatic hydroxyl groups is 1. The predicted molar refractivity (Wildman–Crippen MR) is 125 cm³/mol. The van der Waals surface area contributed by atoms with E-state index in [-0.39, 0.29) is 35.7 Å². The summed E-state index contributed by atoms with van der Waals surface area (Å²) < 4.78 is 6.68. The molecular weight excluding hydrogens is 420 g/mol. The number of nitrogens with zero attached hydrogens (tertiary/aromatic N) is 4. The van der Waals surface area contributed by atoms with Crippen LogP contribution in [0.15, 0.2) is 34.9 Å². The molecular formula is C24H30N6O3. The van der Waals surface area contributed by atoms with Crippen molar-refractivity contribution in [2.45, 2.75) is 53.0 Å². The Morgan fingerprint density at radius 3 is 2.48 bits per heavy atom. The maximum atomic E-state index is 12.4. The number of hydrogen-bond donors (Lipinski definition) is 3. The van der Waals surface area contributed by atoms with E-state index < -0.39 is 5.54 Å². The van der Waals surface area contributed by atoms with Gasteiger partial charge in [0.2, 0.25) is 11.8 Å². The van der Waals surface area contributed by atoms with E-state index in [1.807, 2.05) is 0 Å². The molecule has 0 saturated heterocycles. The Kier molecular flexibility index (Phi) is 6.60. The number of amides is 1. The molecule has 174 valence electrons. The van der Waals surface area contributed by atoms with Crippen molar-refractivity contribution >= 4 is 17.6 Å². The molecule has 2 aromatic heterocycles. The van der Waals surface area contributed by atoms with Crippen molar-refractivity contribution in [2.75, 3.05) is 17.7 Å². The van der Waals surface area contributed by atoms with Gasteiger partial charge in [0.25, 0.3) is 0 Å². The molecule has 33 heavy (non-hydrogen) atoms. The molecule has 0 aliphatic heterocycles. The molecule has 0 aliphatic rings. The number of anilines is 2. The number of nitrogen functional groups attached to an aromatic ring is 1. The number of nitrogens with two attached hydrogens (primary N) is 1. The van der Waals surface area contributed by atoms with E-state index in [0.29, 0.717) is 17.1 Å². The second kappa shape index (κ2) is 9.08. The summed E-state index contributed by atoms with van der Waals surface area (Å²) in [7, 11) is 0. The van der Waals surface area contributed by atoms with E-state index in [4.69, 9.17) is 10.3 Å². The number of rotatable bonds is 7. The van der Waals surface area contributed by atoms with E-state index in [0.717, 1.165) is 17.7 Å². The topological polar surface area (TPSA) is 143 Å². The third-order valence-corrected chi connectivity index (χ3v) is 5.12. The normalized spacial score (nSPS) is 11.9. The predicted octanol–water partition coefficient (Wildman–Crippen LogP) is 3.49. The van der Waals surface area contributed by atoms with Crippen LogP contribution in [0.25, 0.3) is 11.3 Å². The Morgan fingerprint density at radius 1 is 1.24 bits per heavy atom. The molecule has 0 radical (unpaired) electrons. The summed E-state index contributed by atoms with van der Waals surface area (Å²) in [5, 5.41) is 30.4. The van der Waals surface area contributed by atoms with Gasteiger partial charge in [-0.25, -0.2) is 4.68 Å². The average Bonchev–Trinajstić information content (AvgIpc) is 3.30. The van der Waals surface area contributed by atoms with Gasteiger partial charge in [0.15, 0.2) is 0 Å². The maximum absolute atomic E-state index is 12.4. The number of benzene rings is 1. The van der Waals surface area contributed by atoms with E-state index in [9.17, 15) is 15.2 Å². The highest BCUT2D eigenvalue weighted by Gasteiger charge is 2.27. The van der Waals surface area contributed by atoms with Crippen molar-refractivity contribution in [1.82, 2.24) is 14.9 Å². The van der Waals surface area contributed by atoms with Crippen LogP contribution in [-0.4, -0.2) is 32.6 Å². The van der Waals surface area contributed by atoms with Gasteiger partial charge < -0.3 is 15.4 Å². The minimum atomic E-state index is -0.751. The molecule has 3 rings (SSSR count). The SMILES string of the molecule is CC(C)(C)Cc1cc(NC(=O)Cc2ccc(-c3nn(C(C)(C)CO)c(N)c3C#N)cc2)on1. The smallest absolute Gasteiger partial charge is 0.231 e. The summed E-state index contributed by atoms with van der Waals surface area (Å²) >= 11 is 0. The molecule has 0 unspecified atom stereocenters. The Morgan fingerprint density at radius 2 is 1.91 bits per heavy atom. The van der Waals surface area contributed by atoms with E-state index in [1.165, 1.54) is 4.68 Å². The molecule has 1 amide bonds. The molecule has 2 heterocycles. The minimum absolute atomic E-state index is 0.0691. The first-order valence-electron chi connectivity index (χ1n) is 10.7. The molecule has 0 aliphatic carbocycles. The zero-order valence-electron chi connectivity index (χ0n) is 19.6. The van der Waals surface area contributed by atoms with Crippen LogP contribution >= 0.6 is 0 Å². The monoisotopic (exact) mass is 450 g/mol. The van der Waals surface area contributed by atoms with Crippen molar-refractivity contribution in [2.24, 2.45) is 5.41 Å². The Bertz CT molecular complexity index is 1180.